The summed E-state index contributed by atoms with van der Waals surface area (Å²) < 4.78 is 5.16. The molecule has 5 nitrogen and oxygen atoms in total. The first-order valence-electron chi connectivity index (χ1n) is 7.96. The van der Waals surface area contributed by atoms with E-state index < -0.39 is 0 Å². The first-order chi connectivity index (χ1) is 10.2. The van der Waals surface area contributed by atoms with Crippen molar-refractivity contribution in [3.8, 4) is 0 Å². The Labute approximate surface area is 151 Å². The van der Waals surface area contributed by atoms with Gasteiger partial charge in [0.25, 0.3) is 5.91 Å². The summed E-state index contributed by atoms with van der Waals surface area (Å²) in [4.78, 5) is 14.3. The predicted octanol–water partition coefficient (Wildman–Crippen LogP) is 2.97. The third-order valence-corrected chi connectivity index (χ3v) is 4.29. The van der Waals surface area contributed by atoms with Crippen molar-refractivity contribution < 1.29 is 9.21 Å². The molecular weight excluding hydrogens is 337 g/mol. The SMILES string of the molecule is CN(CCCNC(=O)c1coc(CN)c1)C1CCCCC1.Cl.Cl. The second-order valence-corrected chi connectivity index (χ2v) is 5.89. The maximum atomic E-state index is 11.9. The largest absolute Gasteiger partial charge is 0.467 e. The van der Waals surface area contributed by atoms with Gasteiger partial charge in [0.15, 0.2) is 0 Å². The highest BCUT2D eigenvalue weighted by Crippen LogP contribution is 2.21. The standard InChI is InChI=1S/C16H27N3O2.2ClH/c1-19(14-6-3-2-4-7-14)9-5-8-18-16(20)13-10-15(11-17)21-12-13;;/h10,12,14H,2-9,11,17H2,1H3,(H,18,20);2*1H. The molecule has 7 heteroatoms. The van der Waals surface area contributed by atoms with Crippen LogP contribution in [-0.2, 0) is 6.54 Å². The lowest BCUT2D eigenvalue weighted by Crippen LogP contribution is -2.35. The van der Waals surface area contributed by atoms with Crippen molar-refractivity contribution in [2.24, 2.45) is 5.73 Å². The third kappa shape index (κ3) is 7.12. The minimum Gasteiger partial charge on any atom is -0.467 e. The van der Waals surface area contributed by atoms with E-state index in [-0.39, 0.29) is 30.7 Å². The van der Waals surface area contributed by atoms with Crippen molar-refractivity contribution in [1.82, 2.24) is 10.2 Å². The van der Waals surface area contributed by atoms with Crippen molar-refractivity contribution in [2.45, 2.75) is 51.1 Å². The second-order valence-electron chi connectivity index (χ2n) is 5.89. The molecule has 0 saturated heterocycles. The van der Waals surface area contributed by atoms with Gasteiger partial charge in [0.05, 0.1) is 12.1 Å². The van der Waals surface area contributed by atoms with E-state index in [1.54, 1.807) is 6.07 Å². The molecule has 1 saturated carbocycles. The molecule has 0 radical (unpaired) electrons. The van der Waals surface area contributed by atoms with Crippen molar-refractivity contribution in [3.05, 3.63) is 23.7 Å². The average molecular weight is 366 g/mol. The smallest absolute Gasteiger partial charge is 0.254 e. The van der Waals surface area contributed by atoms with E-state index in [9.17, 15) is 4.79 Å². The molecule has 1 aliphatic carbocycles. The van der Waals surface area contributed by atoms with Gasteiger partial charge < -0.3 is 20.4 Å². The normalized spacial score (nSPS) is 14.9. The van der Waals surface area contributed by atoms with Gasteiger partial charge in [0.1, 0.15) is 12.0 Å². The van der Waals surface area contributed by atoms with Crippen LogP contribution in [0.3, 0.4) is 0 Å². The van der Waals surface area contributed by atoms with Gasteiger partial charge in [-0.05, 0) is 38.9 Å². The van der Waals surface area contributed by atoms with Gasteiger partial charge in [-0.15, -0.1) is 24.8 Å². The van der Waals surface area contributed by atoms with Crippen LogP contribution in [0.2, 0.25) is 0 Å². The van der Waals surface area contributed by atoms with E-state index in [1.165, 1.54) is 38.4 Å². The molecule has 0 unspecified atom stereocenters. The van der Waals surface area contributed by atoms with Crippen LogP contribution in [0.4, 0.5) is 0 Å². The lowest BCUT2D eigenvalue weighted by Gasteiger charge is -2.31. The number of rotatable bonds is 7. The Kier molecular flexibility index (Phi) is 11.4. The first kappa shape index (κ1) is 22.2. The molecule has 23 heavy (non-hydrogen) atoms. The van der Waals surface area contributed by atoms with Gasteiger partial charge in [-0.3, -0.25) is 4.79 Å². The van der Waals surface area contributed by atoms with Gasteiger partial charge in [-0.2, -0.15) is 0 Å². The fourth-order valence-corrected chi connectivity index (χ4v) is 2.94. The Morgan fingerprint density at radius 1 is 1.35 bits per heavy atom. The van der Waals surface area contributed by atoms with Gasteiger partial charge in [0, 0.05) is 12.6 Å². The fraction of sp³-hybridized carbons (Fsp3) is 0.688. The number of nitrogens with zero attached hydrogens (tertiary/aromatic N) is 1. The molecule has 3 N–H and O–H groups in total. The van der Waals surface area contributed by atoms with E-state index in [0.29, 0.717) is 24.4 Å². The molecule has 0 spiro atoms. The van der Waals surface area contributed by atoms with Gasteiger partial charge in [-0.25, -0.2) is 0 Å². The van der Waals surface area contributed by atoms with E-state index in [2.05, 4.69) is 17.3 Å². The number of carbonyl (C=O) groups excluding carboxylic acids is 1. The molecule has 1 aliphatic rings. The molecule has 1 amide bonds. The zero-order chi connectivity index (χ0) is 15.1. The number of amides is 1. The fourth-order valence-electron chi connectivity index (χ4n) is 2.94. The topological polar surface area (TPSA) is 71.5 Å². The van der Waals surface area contributed by atoms with Crippen molar-refractivity contribution in [1.29, 1.82) is 0 Å². The van der Waals surface area contributed by atoms with Crippen molar-refractivity contribution in [2.75, 3.05) is 20.1 Å². The van der Waals surface area contributed by atoms with Crippen molar-refractivity contribution in [3.63, 3.8) is 0 Å². The van der Waals surface area contributed by atoms with Gasteiger partial charge in [0.2, 0.25) is 0 Å². The number of halogens is 2. The number of hydrogen-bond donors (Lipinski definition) is 2. The zero-order valence-electron chi connectivity index (χ0n) is 13.8. The molecule has 1 fully saturated rings. The molecule has 0 atom stereocenters. The summed E-state index contributed by atoms with van der Waals surface area (Å²) >= 11 is 0. The molecule has 1 heterocycles. The molecule has 2 rings (SSSR count). The molecule has 0 bridgehead atoms. The summed E-state index contributed by atoms with van der Waals surface area (Å²) in [5.74, 6) is 0.552. The summed E-state index contributed by atoms with van der Waals surface area (Å²) in [7, 11) is 2.20. The van der Waals surface area contributed by atoms with Crippen molar-refractivity contribution >= 4 is 30.7 Å². The summed E-state index contributed by atoms with van der Waals surface area (Å²) in [6, 6.07) is 2.43. The van der Waals surface area contributed by atoms with Crippen LogP contribution in [0.5, 0.6) is 0 Å². The highest BCUT2D eigenvalue weighted by Gasteiger charge is 2.17. The van der Waals surface area contributed by atoms with Gasteiger partial charge in [-0.1, -0.05) is 19.3 Å². The third-order valence-electron chi connectivity index (χ3n) is 4.29. The Hall–Kier alpha value is -0.750. The molecule has 1 aromatic heterocycles. The van der Waals surface area contributed by atoms with E-state index in [0.717, 1.165) is 19.0 Å². The molecule has 0 aliphatic heterocycles. The quantitative estimate of drug-likeness (QED) is 0.728. The van der Waals surface area contributed by atoms with E-state index >= 15 is 0 Å². The predicted molar refractivity (Wildman–Crippen MR) is 97.5 cm³/mol. The van der Waals surface area contributed by atoms with E-state index in [4.69, 9.17) is 10.2 Å². The Bertz CT molecular complexity index is 448. The summed E-state index contributed by atoms with van der Waals surface area (Å²) in [6.45, 7) is 2.04. The summed E-state index contributed by atoms with van der Waals surface area (Å²) in [5, 5.41) is 2.93. The maximum Gasteiger partial charge on any atom is 0.254 e. The lowest BCUT2D eigenvalue weighted by molar-refractivity contribution is 0.0950. The second kappa shape index (κ2) is 11.7. The Morgan fingerprint density at radius 2 is 2.04 bits per heavy atom. The highest BCUT2D eigenvalue weighted by molar-refractivity contribution is 5.93. The van der Waals surface area contributed by atoms with E-state index in [1.807, 2.05) is 0 Å². The van der Waals surface area contributed by atoms with Crippen LogP contribution in [0.1, 0.15) is 54.6 Å². The Balaban J connectivity index is 0.00000242. The minimum absolute atomic E-state index is 0. The number of hydrogen-bond acceptors (Lipinski definition) is 4. The van der Waals surface area contributed by atoms with Crippen LogP contribution in [0, 0.1) is 0 Å². The maximum absolute atomic E-state index is 11.9. The number of nitrogens with one attached hydrogen (secondary N) is 1. The monoisotopic (exact) mass is 365 g/mol. The summed E-state index contributed by atoms with van der Waals surface area (Å²) in [6.07, 6.45) is 9.17. The molecular formula is C16H29Cl2N3O2. The van der Waals surface area contributed by atoms with Crippen LogP contribution >= 0.6 is 24.8 Å². The summed E-state index contributed by atoms with van der Waals surface area (Å²) in [5.41, 5.74) is 6.01. The number of nitrogens with two attached hydrogens (primary N) is 1. The lowest BCUT2D eigenvalue weighted by atomic mass is 9.94. The first-order valence-corrected chi connectivity index (χ1v) is 7.96. The number of carbonyl (C=O) groups is 1. The van der Waals surface area contributed by atoms with Crippen LogP contribution < -0.4 is 11.1 Å². The molecule has 134 valence electrons. The molecule has 0 aromatic carbocycles. The average Bonchev–Trinajstić information content (AvgIpc) is 3.01. The van der Waals surface area contributed by atoms with Crippen LogP contribution in [0.15, 0.2) is 16.7 Å². The Morgan fingerprint density at radius 3 is 2.65 bits per heavy atom. The van der Waals surface area contributed by atoms with Gasteiger partial charge >= 0.3 is 0 Å². The minimum atomic E-state index is -0.0845. The van der Waals surface area contributed by atoms with Crippen LogP contribution in [-0.4, -0.2) is 37.0 Å². The van der Waals surface area contributed by atoms with Crippen LogP contribution in [0.25, 0.3) is 0 Å². The highest BCUT2D eigenvalue weighted by atomic mass is 35.5. The molecule has 1 aromatic rings. The zero-order valence-corrected chi connectivity index (χ0v) is 15.4. The number of furan rings is 1.